The minimum atomic E-state index is -0.580. The summed E-state index contributed by atoms with van der Waals surface area (Å²) in [4.78, 5) is 51.8. The SMILES string of the molecule is Cc1ccc(C(=O)Oc2ccc(/C=C/C(=O)Oc3ccc(N4C(=O)C5C6C=CC(C6)C5C4=O)cc3)cc2)cc1. The van der Waals surface area contributed by atoms with Crippen LogP contribution in [-0.2, 0) is 14.4 Å². The van der Waals surface area contributed by atoms with Gasteiger partial charge >= 0.3 is 11.9 Å². The zero-order chi connectivity index (χ0) is 27.1. The van der Waals surface area contributed by atoms with Gasteiger partial charge in [0.1, 0.15) is 11.5 Å². The number of hydrogen-bond acceptors (Lipinski definition) is 6. The number of nitrogens with zero attached hydrogens (tertiary/aromatic N) is 1. The van der Waals surface area contributed by atoms with Crippen LogP contribution in [0.2, 0.25) is 0 Å². The molecular weight excluding hydrogens is 494 g/mol. The molecular formula is C32H25NO6. The number of carbonyl (C=O) groups excluding carboxylic acids is 4. The third-order valence-corrected chi connectivity index (χ3v) is 7.57. The lowest BCUT2D eigenvalue weighted by molar-refractivity contribution is -0.129. The smallest absolute Gasteiger partial charge is 0.343 e. The summed E-state index contributed by atoms with van der Waals surface area (Å²) in [6.07, 6.45) is 7.89. The van der Waals surface area contributed by atoms with E-state index < -0.39 is 11.9 Å². The van der Waals surface area contributed by atoms with Gasteiger partial charge in [0.2, 0.25) is 11.8 Å². The van der Waals surface area contributed by atoms with Crippen molar-refractivity contribution in [2.45, 2.75) is 13.3 Å². The lowest BCUT2D eigenvalue weighted by atomic mass is 9.85. The van der Waals surface area contributed by atoms with Crippen molar-refractivity contribution in [3.63, 3.8) is 0 Å². The Morgan fingerprint density at radius 3 is 1.95 bits per heavy atom. The van der Waals surface area contributed by atoms with Gasteiger partial charge in [-0.15, -0.1) is 0 Å². The maximum Gasteiger partial charge on any atom is 0.343 e. The maximum atomic E-state index is 13.0. The van der Waals surface area contributed by atoms with E-state index in [0.717, 1.165) is 17.5 Å². The number of ether oxygens (including phenoxy) is 2. The van der Waals surface area contributed by atoms with Gasteiger partial charge in [0.05, 0.1) is 23.1 Å². The summed E-state index contributed by atoms with van der Waals surface area (Å²) in [5, 5.41) is 0. The number of anilines is 1. The second kappa shape index (κ2) is 9.83. The number of esters is 2. The van der Waals surface area contributed by atoms with Crippen molar-refractivity contribution in [1.82, 2.24) is 0 Å². The van der Waals surface area contributed by atoms with E-state index >= 15 is 0 Å². The number of amides is 2. The van der Waals surface area contributed by atoms with Crippen LogP contribution in [0.3, 0.4) is 0 Å². The molecule has 3 aromatic rings. The number of rotatable bonds is 6. The first-order valence-electron chi connectivity index (χ1n) is 12.8. The molecule has 1 aliphatic heterocycles. The molecule has 0 spiro atoms. The summed E-state index contributed by atoms with van der Waals surface area (Å²) in [7, 11) is 0. The van der Waals surface area contributed by atoms with Gasteiger partial charge in [0.25, 0.3) is 0 Å². The van der Waals surface area contributed by atoms with Gasteiger partial charge in [-0.25, -0.2) is 9.59 Å². The summed E-state index contributed by atoms with van der Waals surface area (Å²) in [6, 6.07) is 20.2. The first kappa shape index (κ1) is 24.6. The number of allylic oxidation sites excluding steroid dienone is 2. The Morgan fingerprint density at radius 1 is 0.769 bits per heavy atom. The Balaban J connectivity index is 1.04. The topological polar surface area (TPSA) is 90.0 Å². The van der Waals surface area contributed by atoms with Gasteiger partial charge in [-0.3, -0.25) is 14.5 Å². The van der Waals surface area contributed by atoms with Crippen LogP contribution in [-0.4, -0.2) is 23.8 Å². The Labute approximate surface area is 225 Å². The molecule has 2 amide bonds. The average Bonchev–Trinajstić information content (AvgIpc) is 3.63. The van der Waals surface area contributed by atoms with E-state index in [0.29, 0.717) is 22.7 Å². The van der Waals surface area contributed by atoms with E-state index in [1.54, 1.807) is 66.7 Å². The maximum absolute atomic E-state index is 13.0. The van der Waals surface area contributed by atoms with Crippen LogP contribution in [0.4, 0.5) is 5.69 Å². The number of benzene rings is 3. The number of aryl methyl sites for hydroxylation is 1. The molecule has 6 rings (SSSR count). The molecule has 3 aliphatic rings. The van der Waals surface area contributed by atoms with Gasteiger partial charge in [-0.2, -0.15) is 0 Å². The van der Waals surface area contributed by atoms with Gasteiger partial charge < -0.3 is 9.47 Å². The fraction of sp³-hybridized carbons (Fsp3) is 0.188. The molecule has 1 saturated heterocycles. The second-order valence-corrected chi connectivity index (χ2v) is 10.1. The highest BCUT2D eigenvalue weighted by Gasteiger charge is 2.59. The van der Waals surface area contributed by atoms with Crippen LogP contribution >= 0.6 is 0 Å². The van der Waals surface area contributed by atoms with Crippen LogP contribution in [0, 0.1) is 30.6 Å². The molecule has 194 valence electrons. The Hall–Kier alpha value is -4.78. The molecule has 0 radical (unpaired) electrons. The van der Waals surface area contributed by atoms with Crippen LogP contribution < -0.4 is 14.4 Å². The minimum Gasteiger partial charge on any atom is -0.423 e. The van der Waals surface area contributed by atoms with Gasteiger partial charge in [-0.05, 0) is 85.4 Å². The number of carbonyl (C=O) groups is 4. The van der Waals surface area contributed by atoms with Crippen molar-refractivity contribution >= 4 is 35.5 Å². The molecule has 0 aromatic heterocycles. The molecule has 2 bridgehead atoms. The average molecular weight is 520 g/mol. The Bertz CT molecular complexity index is 1490. The third kappa shape index (κ3) is 4.68. The standard InChI is InChI=1S/C32H25NO6/c1-19-2-7-21(8-3-19)32(37)39-26-13-4-20(5-14-26)6-17-27(34)38-25-15-11-24(12-16-25)33-30(35)28-22-9-10-23(18-22)29(28)31(33)36/h2-17,22-23,28-29H,18H2,1H3/b17-6+. The summed E-state index contributed by atoms with van der Waals surface area (Å²) < 4.78 is 10.8. The number of imide groups is 1. The number of hydrogen-bond donors (Lipinski definition) is 0. The zero-order valence-corrected chi connectivity index (χ0v) is 21.2. The monoisotopic (exact) mass is 519 g/mol. The molecule has 2 fully saturated rings. The fourth-order valence-corrected chi connectivity index (χ4v) is 5.64. The molecule has 7 heteroatoms. The summed E-state index contributed by atoms with van der Waals surface area (Å²) in [5.74, 6) is -0.848. The Morgan fingerprint density at radius 2 is 1.33 bits per heavy atom. The molecule has 7 nitrogen and oxygen atoms in total. The van der Waals surface area contributed by atoms with Crippen LogP contribution in [0.5, 0.6) is 11.5 Å². The van der Waals surface area contributed by atoms with Gasteiger partial charge in [0.15, 0.2) is 0 Å². The van der Waals surface area contributed by atoms with E-state index in [4.69, 9.17) is 9.47 Å². The van der Waals surface area contributed by atoms with Crippen LogP contribution in [0.25, 0.3) is 6.08 Å². The van der Waals surface area contributed by atoms with E-state index in [1.807, 2.05) is 19.1 Å². The molecule has 2 aliphatic carbocycles. The predicted molar refractivity (Wildman–Crippen MR) is 144 cm³/mol. The molecule has 1 saturated carbocycles. The van der Waals surface area contributed by atoms with E-state index in [2.05, 4.69) is 12.2 Å². The lowest BCUT2D eigenvalue weighted by Crippen LogP contribution is -2.32. The second-order valence-electron chi connectivity index (χ2n) is 10.1. The normalized spacial score (nSPS) is 22.9. The zero-order valence-electron chi connectivity index (χ0n) is 21.2. The molecule has 0 N–H and O–H groups in total. The molecule has 39 heavy (non-hydrogen) atoms. The third-order valence-electron chi connectivity index (χ3n) is 7.57. The molecule has 3 aromatic carbocycles. The van der Waals surface area contributed by atoms with Gasteiger partial charge in [-0.1, -0.05) is 42.0 Å². The molecule has 4 unspecified atom stereocenters. The number of fused-ring (bicyclic) bond motifs is 5. The van der Waals surface area contributed by atoms with Crippen LogP contribution in [0.15, 0.2) is 91.0 Å². The van der Waals surface area contributed by atoms with Crippen molar-refractivity contribution < 1.29 is 28.7 Å². The van der Waals surface area contributed by atoms with Crippen molar-refractivity contribution in [3.8, 4) is 11.5 Å². The highest BCUT2D eigenvalue weighted by molar-refractivity contribution is 6.22. The van der Waals surface area contributed by atoms with E-state index in [-0.39, 0.29) is 35.5 Å². The van der Waals surface area contributed by atoms with E-state index in [9.17, 15) is 19.2 Å². The largest absolute Gasteiger partial charge is 0.423 e. The highest BCUT2D eigenvalue weighted by atomic mass is 16.5. The van der Waals surface area contributed by atoms with E-state index in [1.165, 1.54) is 11.0 Å². The van der Waals surface area contributed by atoms with Crippen molar-refractivity contribution in [3.05, 3.63) is 108 Å². The fourth-order valence-electron chi connectivity index (χ4n) is 5.64. The highest BCUT2D eigenvalue weighted by Crippen LogP contribution is 2.53. The van der Waals surface area contributed by atoms with Crippen molar-refractivity contribution in [1.29, 1.82) is 0 Å². The summed E-state index contributed by atoms with van der Waals surface area (Å²) in [6.45, 7) is 1.94. The Kier molecular flexibility index (Phi) is 6.19. The summed E-state index contributed by atoms with van der Waals surface area (Å²) >= 11 is 0. The first-order valence-corrected chi connectivity index (χ1v) is 12.8. The quantitative estimate of drug-likeness (QED) is 0.147. The molecule has 4 atom stereocenters. The lowest BCUT2D eigenvalue weighted by Gasteiger charge is -2.17. The first-order chi connectivity index (χ1) is 18.9. The minimum absolute atomic E-state index is 0.148. The summed E-state index contributed by atoms with van der Waals surface area (Å²) in [5.41, 5.74) is 2.72. The predicted octanol–water partition coefficient (Wildman–Crippen LogP) is 5.14. The van der Waals surface area contributed by atoms with Crippen LogP contribution in [0.1, 0.15) is 27.9 Å². The van der Waals surface area contributed by atoms with Crippen molar-refractivity contribution in [2.24, 2.45) is 23.7 Å². The van der Waals surface area contributed by atoms with Crippen molar-refractivity contribution in [2.75, 3.05) is 4.90 Å². The molecule has 1 heterocycles. The van der Waals surface area contributed by atoms with Gasteiger partial charge in [0, 0.05) is 6.08 Å².